The summed E-state index contributed by atoms with van der Waals surface area (Å²) in [6.07, 6.45) is 0.385. The van der Waals surface area contributed by atoms with Crippen LogP contribution in [-0.4, -0.2) is 24.6 Å². The first-order valence-electron chi connectivity index (χ1n) is 6.52. The highest BCUT2D eigenvalue weighted by atomic mass is 16.6. The molecule has 0 spiro atoms. The van der Waals surface area contributed by atoms with E-state index in [1.54, 1.807) is 19.1 Å². The van der Waals surface area contributed by atoms with Gasteiger partial charge in [0.05, 0.1) is 17.9 Å². The molecule has 0 fully saturated rings. The minimum atomic E-state index is -0.803. The topological polar surface area (TPSA) is 105 Å². The third kappa shape index (κ3) is 3.88. The van der Waals surface area contributed by atoms with E-state index >= 15 is 0 Å². The molecular weight excluding hydrogens is 260 g/mol. The first-order valence-corrected chi connectivity index (χ1v) is 6.52. The Labute approximate surface area is 118 Å². The zero-order valence-corrected chi connectivity index (χ0v) is 11.7. The molecule has 0 heterocycles. The summed E-state index contributed by atoms with van der Waals surface area (Å²) in [6, 6.07) is 4.68. The Bertz CT molecular complexity index is 488. The average molecular weight is 280 g/mol. The molecule has 0 bridgehead atoms. The van der Waals surface area contributed by atoms with Gasteiger partial charge < -0.3 is 20.9 Å². The Kier molecular flexibility index (Phi) is 5.83. The van der Waals surface area contributed by atoms with Gasteiger partial charge in [-0.3, -0.25) is 4.79 Å². The first kappa shape index (κ1) is 15.8. The summed E-state index contributed by atoms with van der Waals surface area (Å²) in [5.41, 5.74) is 11.5. The van der Waals surface area contributed by atoms with E-state index in [2.05, 4.69) is 0 Å². The Morgan fingerprint density at radius 3 is 2.55 bits per heavy atom. The number of hydrogen-bond acceptors (Lipinski definition) is 5. The maximum Gasteiger partial charge on any atom is 0.347 e. The monoisotopic (exact) mass is 280 g/mol. The van der Waals surface area contributed by atoms with Crippen molar-refractivity contribution in [3.8, 4) is 5.75 Å². The summed E-state index contributed by atoms with van der Waals surface area (Å²) in [7, 11) is 0. The maximum absolute atomic E-state index is 11.8. The van der Waals surface area contributed by atoms with Gasteiger partial charge in [-0.25, -0.2) is 4.79 Å². The number of carbonyl (C=O) groups excluding carboxylic acids is 2. The molecule has 1 unspecified atom stereocenters. The second-order valence-corrected chi connectivity index (χ2v) is 4.24. The molecule has 6 nitrogen and oxygen atoms in total. The van der Waals surface area contributed by atoms with Crippen molar-refractivity contribution in [2.45, 2.75) is 32.8 Å². The molecule has 0 aliphatic carbocycles. The Balaban J connectivity index is 3.04. The van der Waals surface area contributed by atoms with Crippen LogP contribution in [0.5, 0.6) is 5.75 Å². The van der Waals surface area contributed by atoms with Crippen molar-refractivity contribution in [2.75, 3.05) is 12.3 Å². The number of nitrogens with two attached hydrogens (primary N) is 2. The predicted molar refractivity (Wildman–Crippen MR) is 75.3 cm³/mol. The molecule has 4 N–H and O–H groups in total. The van der Waals surface area contributed by atoms with Crippen LogP contribution in [0, 0.1) is 0 Å². The number of amides is 1. The molecule has 6 heteroatoms. The summed E-state index contributed by atoms with van der Waals surface area (Å²) >= 11 is 0. The third-order valence-electron chi connectivity index (χ3n) is 2.67. The molecule has 20 heavy (non-hydrogen) atoms. The Hall–Kier alpha value is -2.24. The molecule has 0 saturated carbocycles. The molecule has 0 aromatic heterocycles. The van der Waals surface area contributed by atoms with Gasteiger partial charge in [0, 0.05) is 0 Å². The highest BCUT2D eigenvalue weighted by molar-refractivity contribution is 5.97. The van der Waals surface area contributed by atoms with Gasteiger partial charge in [-0.05, 0) is 25.5 Å². The van der Waals surface area contributed by atoms with Gasteiger partial charge in [0.2, 0.25) is 0 Å². The molecule has 0 radical (unpaired) electrons. The van der Waals surface area contributed by atoms with Crippen LogP contribution in [0.1, 0.15) is 37.0 Å². The number of anilines is 1. The van der Waals surface area contributed by atoms with Gasteiger partial charge in [0.25, 0.3) is 5.91 Å². The molecule has 1 atom stereocenters. The van der Waals surface area contributed by atoms with E-state index in [-0.39, 0.29) is 23.6 Å². The molecule has 1 amide bonds. The number of hydrogen-bond donors (Lipinski definition) is 2. The Morgan fingerprint density at radius 1 is 1.30 bits per heavy atom. The lowest BCUT2D eigenvalue weighted by atomic mass is 10.1. The lowest BCUT2D eigenvalue weighted by molar-refractivity contribution is -0.151. The molecule has 110 valence electrons. The van der Waals surface area contributed by atoms with Crippen molar-refractivity contribution >= 4 is 17.6 Å². The molecule has 1 rings (SSSR count). The minimum Gasteiger partial charge on any atom is -0.476 e. The number of primary amides is 1. The van der Waals surface area contributed by atoms with Crippen molar-refractivity contribution in [3.63, 3.8) is 0 Å². The normalized spacial score (nSPS) is 11.7. The van der Waals surface area contributed by atoms with E-state index in [9.17, 15) is 9.59 Å². The number of para-hydroxylation sites is 1. The second kappa shape index (κ2) is 7.37. The SMILES string of the molecule is CCCC(Oc1c(N)cccc1C(N)=O)C(=O)OCC. The quantitative estimate of drug-likeness (QED) is 0.581. The zero-order valence-electron chi connectivity index (χ0n) is 11.7. The molecule has 1 aromatic rings. The molecular formula is C14H20N2O4. The highest BCUT2D eigenvalue weighted by Gasteiger charge is 2.24. The van der Waals surface area contributed by atoms with Crippen LogP contribution in [0.15, 0.2) is 18.2 Å². The first-order chi connectivity index (χ1) is 9.51. The zero-order chi connectivity index (χ0) is 15.1. The van der Waals surface area contributed by atoms with Gasteiger partial charge in [0.1, 0.15) is 0 Å². The number of esters is 1. The fourth-order valence-electron chi connectivity index (χ4n) is 1.74. The minimum absolute atomic E-state index is 0.131. The lowest BCUT2D eigenvalue weighted by Crippen LogP contribution is -2.30. The van der Waals surface area contributed by atoms with Crippen LogP contribution in [0.25, 0.3) is 0 Å². The van der Waals surface area contributed by atoms with Crippen LogP contribution < -0.4 is 16.2 Å². The summed E-state index contributed by atoms with van der Waals surface area (Å²) in [6.45, 7) is 3.89. The summed E-state index contributed by atoms with van der Waals surface area (Å²) in [5, 5.41) is 0. The largest absolute Gasteiger partial charge is 0.476 e. The molecule has 0 aliphatic heterocycles. The number of benzene rings is 1. The highest BCUT2D eigenvalue weighted by Crippen LogP contribution is 2.28. The fourth-order valence-corrected chi connectivity index (χ4v) is 1.74. The second-order valence-electron chi connectivity index (χ2n) is 4.24. The van der Waals surface area contributed by atoms with Gasteiger partial charge in [-0.1, -0.05) is 19.4 Å². The van der Waals surface area contributed by atoms with Crippen molar-refractivity contribution in [1.29, 1.82) is 0 Å². The predicted octanol–water partition coefficient (Wildman–Crippen LogP) is 1.48. The van der Waals surface area contributed by atoms with Gasteiger partial charge in [-0.2, -0.15) is 0 Å². The Morgan fingerprint density at radius 2 is 2.00 bits per heavy atom. The van der Waals surface area contributed by atoms with Gasteiger partial charge >= 0.3 is 5.97 Å². The average Bonchev–Trinajstić information content (AvgIpc) is 2.40. The number of carbonyl (C=O) groups is 2. The summed E-state index contributed by atoms with van der Waals surface area (Å²) in [5.74, 6) is -1.01. The molecule has 0 saturated heterocycles. The van der Waals surface area contributed by atoms with Crippen LogP contribution in [-0.2, 0) is 9.53 Å². The third-order valence-corrected chi connectivity index (χ3v) is 2.67. The van der Waals surface area contributed by atoms with Crippen LogP contribution in [0.3, 0.4) is 0 Å². The molecule has 0 aliphatic rings. The van der Waals surface area contributed by atoms with Crippen molar-refractivity contribution < 1.29 is 19.1 Å². The van der Waals surface area contributed by atoms with Crippen molar-refractivity contribution in [1.82, 2.24) is 0 Å². The van der Waals surface area contributed by atoms with E-state index in [1.165, 1.54) is 6.07 Å². The number of ether oxygens (including phenoxy) is 2. The van der Waals surface area contributed by atoms with Crippen molar-refractivity contribution in [2.24, 2.45) is 5.73 Å². The smallest absolute Gasteiger partial charge is 0.347 e. The lowest BCUT2D eigenvalue weighted by Gasteiger charge is -2.19. The van der Waals surface area contributed by atoms with E-state index in [0.717, 1.165) is 6.42 Å². The summed E-state index contributed by atoms with van der Waals surface area (Å²) < 4.78 is 10.5. The van der Waals surface area contributed by atoms with Crippen molar-refractivity contribution in [3.05, 3.63) is 23.8 Å². The van der Waals surface area contributed by atoms with Gasteiger partial charge in [-0.15, -0.1) is 0 Å². The fraction of sp³-hybridized carbons (Fsp3) is 0.429. The van der Waals surface area contributed by atoms with E-state index in [4.69, 9.17) is 20.9 Å². The van der Waals surface area contributed by atoms with E-state index in [1.807, 2.05) is 6.92 Å². The van der Waals surface area contributed by atoms with Crippen LogP contribution in [0.2, 0.25) is 0 Å². The standard InChI is InChI=1S/C14H20N2O4/c1-3-6-11(14(18)19-4-2)20-12-9(13(16)17)7-5-8-10(12)15/h5,7-8,11H,3-4,6,15H2,1-2H3,(H2,16,17). The van der Waals surface area contributed by atoms with E-state index < -0.39 is 18.0 Å². The van der Waals surface area contributed by atoms with E-state index in [0.29, 0.717) is 6.42 Å². The van der Waals surface area contributed by atoms with Crippen LogP contribution >= 0.6 is 0 Å². The van der Waals surface area contributed by atoms with Crippen LogP contribution in [0.4, 0.5) is 5.69 Å². The number of nitrogen functional groups attached to an aromatic ring is 1. The summed E-state index contributed by atoms with van der Waals surface area (Å²) in [4.78, 5) is 23.2. The molecule has 1 aromatic carbocycles. The number of rotatable bonds is 7. The maximum atomic E-state index is 11.8. The van der Waals surface area contributed by atoms with Gasteiger partial charge in [0.15, 0.2) is 11.9 Å².